The van der Waals surface area contributed by atoms with Gasteiger partial charge in [0.2, 0.25) is 22.2 Å². The van der Waals surface area contributed by atoms with Crippen LogP contribution in [0.25, 0.3) is 11.1 Å². The predicted molar refractivity (Wildman–Crippen MR) is 123 cm³/mol. The third-order valence-corrected chi connectivity index (χ3v) is 5.76. The van der Waals surface area contributed by atoms with E-state index in [2.05, 4.69) is 10.0 Å². The molecule has 186 valence electrons. The Labute approximate surface area is 197 Å². The van der Waals surface area contributed by atoms with Crippen molar-refractivity contribution < 1.29 is 42.7 Å². The van der Waals surface area contributed by atoms with Crippen LogP contribution in [0.2, 0.25) is 0 Å². The van der Waals surface area contributed by atoms with Crippen LogP contribution in [-0.2, 0) is 19.6 Å². The molecule has 12 heteroatoms. The molecule has 0 saturated carbocycles. The van der Waals surface area contributed by atoms with Crippen LogP contribution >= 0.6 is 0 Å². The van der Waals surface area contributed by atoms with Gasteiger partial charge in [-0.1, -0.05) is 18.2 Å². The normalized spacial score (nSPS) is 24.8. The van der Waals surface area contributed by atoms with Crippen LogP contribution < -0.4 is 19.5 Å². The SMILES string of the molecule is COc1cccc(O[C@@H]2O[C@H](CO)[C@H](O)[C@H](O)[C@H]2NC(C)=O)c1-c1cccc(NS(C)(=O)=O)c1. The molecule has 1 saturated heterocycles. The predicted octanol–water partition coefficient (Wildman–Crippen LogP) is 0.0562. The summed E-state index contributed by atoms with van der Waals surface area (Å²) in [7, 11) is -2.05. The van der Waals surface area contributed by atoms with Gasteiger partial charge in [-0.2, -0.15) is 0 Å². The Bertz CT molecular complexity index is 1130. The highest BCUT2D eigenvalue weighted by molar-refractivity contribution is 7.92. The van der Waals surface area contributed by atoms with Gasteiger partial charge in [0.25, 0.3) is 0 Å². The molecular formula is C22H28N2O9S. The van der Waals surface area contributed by atoms with Crippen LogP contribution in [0.4, 0.5) is 5.69 Å². The lowest BCUT2D eigenvalue weighted by Gasteiger charge is -2.42. The van der Waals surface area contributed by atoms with Crippen LogP contribution in [0.3, 0.4) is 0 Å². The molecule has 11 nitrogen and oxygen atoms in total. The zero-order chi connectivity index (χ0) is 25.0. The van der Waals surface area contributed by atoms with Gasteiger partial charge in [-0.3, -0.25) is 9.52 Å². The number of aliphatic hydroxyl groups excluding tert-OH is 3. The minimum absolute atomic E-state index is 0.233. The number of hydrogen-bond donors (Lipinski definition) is 5. The number of rotatable bonds is 8. The number of amides is 1. The molecular weight excluding hydrogens is 468 g/mol. The maximum atomic E-state index is 11.7. The smallest absolute Gasteiger partial charge is 0.229 e. The van der Waals surface area contributed by atoms with Crippen molar-refractivity contribution in [1.82, 2.24) is 5.32 Å². The summed E-state index contributed by atoms with van der Waals surface area (Å²) < 4.78 is 42.9. The molecule has 0 radical (unpaired) electrons. The van der Waals surface area contributed by atoms with E-state index in [1.165, 1.54) is 14.0 Å². The van der Waals surface area contributed by atoms with Crippen molar-refractivity contribution in [3.8, 4) is 22.6 Å². The molecule has 2 aromatic rings. The number of benzene rings is 2. The van der Waals surface area contributed by atoms with E-state index in [1.807, 2.05) is 0 Å². The summed E-state index contributed by atoms with van der Waals surface area (Å²) in [5.74, 6) is 0.151. The van der Waals surface area contributed by atoms with Gasteiger partial charge in [0.15, 0.2) is 0 Å². The average Bonchev–Trinajstić information content (AvgIpc) is 2.77. The molecule has 1 amide bonds. The van der Waals surface area contributed by atoms with E-state index in [9.17, 15) is 28.5 Å². The quantitative estimate of drug-likeness (QED) is 0.340. The summed E-state index contributed by atoms with van der Waals surface area (Å²) >= 11 is 0. The third-order valence-electron chi connectivity index (χ3n) is 5.16. The zero-order valence-corrected chi connectivity index (χ0v) is 19.7. The van der Waals surface area contributed by atoms with Crippen molar-refractivity contribution in [3.05, 3.63) is 42.5 Å². The number of sulfonamides is 1. The summed E-state index contributed by atoms with van der Waals surface area (Å²) in [4.78, 5) is 11.7. The Kier molecular flexibility index (Phi) is 8.00. The number of hydrogen-bond acceptors (Lipinski definition) is 9. The Hall–Kier alpha value is -2.90. The van der Waals surface area contributed by atoms with Crippen LogP contribution in [0, 0.1) is 0 Å². The summed E-state index contributed by atoms with van der Waals surface area (Å²) in [6.45, 7) is 0.653. The van der Waals surface area contributed by atoms with Crippen LogP contribution in [0.1, 0.15) is 6.92 Å². The summed E-state index contributed by atoms with van der Waals surface area (Å²) in [6.07, 6.45) is -4.32. The van der Waals surface area contributed by atoms with Gasteiger partial charge < -0.3 is 34.8 Å². The van der Waals surface area contributed by atoms with E-state index >= 15 is 0 Å². The van der Waals surface area contributed by atoms with Crippen LogP contribution in [0.5, 0.6) is 11.5 Å². The first-order valence-corrected chi connectivity index (χ1v) is 12.2. The van der Waals surface area contributed by atoms with Gasteiger partial charge in [0.1, 0.15) is 35.9 Å². The largest absolute Gasteiger partial charge is 0.496 e. The molecule has 5 atom stereocenters. The van der Waals surface area contributed by atoms with E-state index < -0.39 is 53.2 Å². The Morgan fingerprint density at radius 3 is 2.41 bits per heavy atom. The van der Waals surface area contributed by atoms with Gasteiger partial charge in [0, 0.05) is 12.6 Å². The van der Waals surface area contributed by atoms with Gasteiger partial charge in [-0.05, 0) is 29.8 Å². The van der Waals surface area contributed by atoms with Crippen molar-refractivity contribution in [1.29, 1.82) is 0 Å². The number of ether oxygens (including phenoxy) is 3. The molecule has 0 aliphatic carbocycles. The molecule has 3 rings (SSSR count). The summed E-state index contributed by atoms with van der Waals surface area (Å²) in [5.41, 5.74) is 1.32. The number of carbonyl (C=O) groups excluding carboxylic acids is 1. The van der Waals surface area contributed by atoms with E-state index in [-0.39, 0.29) is 5.75 Å². The number of aliphatic hydroxyl groups is 3. The maximum absolute atomic E-state index is 11.7. The fourth-order valence-corrected chi connectivity index (χ4v) is 4.27. The van der Waals surface area contributed by atoms with Crippen molar-refractivity contribution in [2.24, 2.45) is 0 Å². The van der Waals surface area contributed by atoms with E-state index in [0.29, 0.717) is 22.6 Å². The first-order valence-electron chi connectivity index (χ1n) is 10.4. The fourth-order valence-electron chi connectivity index (χ4n) is 3.71. The van der Waals surface area contributed by atoms with Crippen molar-refractivity contribution in [2.75, 3.05) is 24.7 Å². The highest BCUT2D eigenvalue weighted by Gasteiger charge is 2.46. The minimum Gasteiger partial charge on any atom is -0.496 e. The molecule has 1 heterocycles. The molecule has 0 aromatic heterocycles. The number of carbonyl (C=O) groups is 1. The topological polar surface area (TPSA) is 164 Å². The Morgan fingerprint density at radius 1 is 1.12 bits per heavy atom. The van der Waals surface area contributed by atoms with Crippen LogP contribution in [0.15, 0.2) is 42.5 Å². The van der Waals surface area contributed by atoms with Crippen molar-refractivity contribution >= 4 is 21.6 Å². The highest BCUT2D eigenvalue weighted by Crippen LogP contribution is 2.40. The monoisotopic (exact) mass is 496 g/mol. The summed E-state index contributed by atoms with van der Waals surface area (Å²) in [5, 5.41) is 32.8. The van der Waals surface area contributed by atoms with Gasteiger partial charge in [-0.15, -0.1) is 0 Å². The molecule has 0 spiro atoms. The molecule has 0 bridgehead atoms. The zero-order valence-electron chi connectivity index (χ0n) is 18.8. The minimum atomic E-state index is -3.51. The fraction of sp³-hybridized carbons (Fsp3) is 0.409. The van der Waals surface area contributed by atoms with Gasteiger partial charge >= 0.3 is 0 Å². The van der Waals surface area contributed by atoms with Gasteiger partial charge in [-0.25, -0.2) is 8.42 Å². The standard InChI is InChI=1S/C22H28N2O9S/c1-12(26)23-19-21(28)20(27)17(11-25)33-22(19)32-16-9-5-8-15(31-2)18(16)13-6-4-7-14(10-13)24-34(3,29)30/h4-10,17,19-22,24-25,27-28H,11H2,1-3H3,(H,23,26)/t17-,19-,20+,21-,22-/m1/s1. The molecule has 1 aliphatic heterocycles. The van der Waals surface area contributed by atoms with Crippen molar-refractivity contribution in [2.45, 2.75) is 37.6 Å². The van der Waals surface area contributed by atoms with Crippen LogP contribution in [-0.4, -0.2) is 80.3 Å². The van der Waals surface area contributed by atoms with Crippen molar-refractivity contribution in [3.63, 3.8) is 0 Å². The Morgan fingerprint density at radius 2 is 1.79 bits per heavy atom. The van der Waals surface area contributed by atoms with E-state index in [0.717, 1.165) is 6.26 Å². The number of anilines is 1. The highest BCUT2D eigenvalue weighted by atomic mass is 32.2. The first kappa shape index (κ1) is 25.7. The van der Waals surface area contributed by atoms with E-state index in [4.69, 9.17) is 14.2 Å². The number of nitrogens with one attached hydrogen (secondary N) is 2. The molecule has 1 aliphatic rings. The molecule has 34 heavy (non-hydrogen) atoms. The lowest BCUT2D eigenvalue weighted by molar-refractivity contribution is -0.244. The molecule has 2 aromatic carbocycles. The summed E-state index contributed by atoms with van der Waals surface area (Å²) in [6, 6.07) is 10.3. The molecule has 5 N–H and O–H groups in total. The van der Waals surface area contributed by atoms with E-state index in [1.54, 1.807) is 42.5 Å². The Balaban J connectivity index is 2.04. The lowest BCUT2D eigenvalue weighted by Crippen LogP contribution is -2.65. The molecule has 1 fully saturated rings. The average molecular weight is 497 g/mol. The number of methoxy groups -OCH3 is 1. The second-order valence-corrected chi connectivity index (χ2v) is 9.59. The lowest BCUT2D eigenvalue weighted by atomic mass is 9.96. The molecule has 0 unspecified atom stereocenters. The first-order chi connectivity index (χ1) is 16.0. The third kappa shape index (κ3) is 5.96. The second-order valence-electron chi connectivity index (χ2n) is 7.84. The maximum Gasteiger partial charge on any atom is 0.229 e. The second kappa shape index (κ2) is 10.6. The van der Waals surface area contributed by atoms with Gasteiger partial charge in [0.05, 0.1) is 25.5 Å².